The van der Waals surface area contributed by atoms with Crippen LogP contribution >= 0.6 is 0 Å². The molecule has 0 aromatic carbocycles. The number of rotatable bonds is 4. The van der Waals surface area contributed by atoms with Crippen molar-refractivity contribution < 1.29 is 14.2 Å². The number of hydrogen-bond acceptors (Lipinski definition) is 3. The Labute approximate surface area is 90.7 Å². The molecule has 0 unspecified atom stereocenters. The Balaban J connectivity index is 1.94. The SMILES string of the molecule is C=C[C@H]1O[C@@H]([C@H]2C=CCO2)C[C@H]1OCC. The summed E-state index contributed by atoms with van der Waals surface area (Å²) in [4.78, 5) is 0. The molecule has 3 nitrogen and oxygen atoms in total. The Morgan fingerprint density at radius 1 is 1.60 bits per heavy atom. The molecule has 0 spiro atoms. The fraction of sp³-hybridized carbons (Fsp3) is 0.667. The molecule has 2 aliphatic heterocycles. The third kappa shape index (κ3) is 2.30. The van der Waals surface area contributed by atoms with Crippen molar-refractivity contribution in [2.24, 2.45) is 0 Å². The summed E-state index contributed by atoms with van der Waals surface area (Å²) in [7, 11) is 0. The van der Waals surface area contributed by atoms with E-state index in [0.717, 1.165) is 6.42 Å². The van der Waals surface area contributed by atoms with E-state index in [4.69, 9.17) is 14.2 Å². The molecule has 2 heterocycles. The van der Waals surface area contributed by atoms with Gasteiger partial charge >= 0.3 is 0 Å². The summed E-state index contributed by atoms with van der Waals surface area (Å²) in [6.45, 7) is 7.18. The Bertz CT molecular complexity index is 249. The van der Waals surface area contributed by atoms with Crippen LogP contribution < -0.4 is 0 Å². The lowest BCUT2D eigenvalue weighted by Gasteiger charge is -2.16. The molecule has 0 aromatic heterocycles. The molecule has 0 bridgehead atoms. The van der Waals surface area contributed by atoms with Gasteiger partial charge in [-0.2, -0.15) is 0 Å². The fourth-order valence-corrected chi connectivity index (χ4v) is 2.15. The van der Waals surface area contributed by atoms with Crippen LogP contribution in [-0.4, -0.2) is 37.6 Å². The van der Waals surface area contributed by atoms with Crippen LogP contribution in [-0.2, 0) is 14.2 Å². The van der Waals surface area contributed by atoms with Crippen LogP contribution in [0.3, 0.4) is 0 Å². The second kappa shape index (κ2) is 4.92. The van der Waals surface area contributed by atoms with Gasteiger partial charge in [-0.15, -0.1) is 6.58 Å². The molecular weight excluding hydrogens is 192 g/mol. The van der Waals surface area contributed by atoms with Gasteiger partial charge in [-0.05, 0) is 6.92 Å². The number of ether oxygens (including phenoxy) is 3. The van der Waals surface area contributed by atoms with Crippen LogP contribution in [0.15, 0.2) is 24.8 Å². The van der Waals surface area contributed by atoms with Crippen molar-refractivity contribution in [3.05, 3.63) is 24.8 Å². The number of hydrogen-bond donors (Lipinski definition) is 0. The minimum absolute atomic E-state index is 0.00699. The first-order chi connectivity index (χ1) is 7.35. The first kappa shape index (κ1) is 10.9. The summed E-state index contributed by atoms with van der Waals surface area (Å²) in [5.41, 5.74) is 0. The smallest absolute Gasteiger partial charge is 0.102 e. The maximum absolute atomic E-state index is 5.84. The van der Waals surface area contributed by atoms with E-state index in [1.54, 1.807) is 0 Å². The van der Waals surface area contributed by atoms with Crippen LogP contribution in [0.4, 0.5) is 0 Å². The van der Waals surface area contributed by atoms with Crippen molar-refractivity contribution in [2.45, 2.75) is 37.8 Å². The highest BCUT2D eigenvalue weighted by Crippen LogP contribution is 2.28. The summed E-state index contributed by atoms with van der Waals surface area (Å²) in [5.74, 6) is 0. The van der Waals surface area contributed by atoms with Crippen LogP contribution in [0.1, 0.15) is 13.3 Å². The van der Waals surface area contributed by atoms with E-state index in [-0.39, 0.29) is 24.4 Å². The van der Waals surface area contributed by atoms with Gasteiger partial charge in [0.25, 0.3) is 0 Å². The van der Waals surface area contributed by atoms with Gasteiger partial charge < -0.3 is 14.2 Å². The Morgan fingerprint density at radius 2 is 2.47 bits per heavy atom. The maximum atomic E-state index is 5.84. The van der Waals surface area contributed by atoms with E-state index in [0.29, 0.717) is 13.2 Å². The zero-order chi connectivity index (χ0) is 10.7. The molecule has 4 atom stereocenters. The molecule has 3 heteroatoms. The Morgan fingerprint density at radius 3 is 3.07 bits per heavy atom. The van der Waals surface area contributed by atoms with Gasteiger partial charge in [-0.3, -0.25) is 0 Å². The summed E-state index contributed by atoms with van der Waals surface area (Å²) < 4.78 is 17.0. The molecule has 0 amide bonds. The average Bonchev–Trinajstić information content (AvgIpc) is 2.84. The largest absolute Gasteiger partial charge is 0.375 e. The van der Waals surface area contributed by atoms with Crippen LogP contribution in [0, 0.1) is 0 Å². The van der Waals surface area contributed by atoms with Gasteiger partial charge in [0.1, 0.15) is 12.2 Å². The van der Waals surface area contributed by atoms with E-state index in [9.17, 15) is 0 Å². The summed E-state index contributed by atoms with van der Waals surface area (Å²) in [6, 6.07) is 0. The molecule has 84 valence electrons. The second-order valence-electron chi connectivity index (χ2n) is 3.83. The molecular formula is C12H18O3. The van der Waals surface area contributed by atoms with Crippen molar-refractivity contribution in [3.8, 4) is 0 Å². The zero-order valence-corrected chi connectivity index (χ0v) is 9.09. The minimum atomic E-state index is 0.00699. The highest BCUT2D eigenvalue weighted by molar-refractivity contribution is 5.04. The average molecular weight is 210 g/mol. The van der Waals surface area contributed by atoms with Crippen LogP contribution in [0.5, 0.6) is 0 Å². The molecule has 2 rings (SSSR count). The van der Waals surface area contributed by atoms with E-state index in [1.807, 2.05) is 19.1 Å². The molecule has 0 aromatic rings. The molecule has 2 aliphatic rings. The first-order valence-electron chi connectivity index (χ1n) is 5.53. The van der Waals surface area contributed by atoms with Gasteiger partial charge in [0.15, 0.2) is 0 Å². The summed E-state index contributed by atoms with van der Waals surface area (Å²) in [6.07, 6.45) is 7.16. The normalized spacial score (nSPS) is 39.8. The zero-order valence-electron chi connectivity index (χ0n) is 9.09. The topological polar surface area (TPSA) is 27.7 Å². The van der Waals surface area contributed by atoms with E-state index < -0.39 is 0 Å². The third-order valence-electron chi connectivity index (χ3n) is 2.85. The summed E-state index contributed by atoms with van der Waals surface area (Å²) >= 11 is 0. The van der Waals surface area contributed by atoms with Crippen molar-refractivity contribution in [1.82, 2.24) is 0 Å². The van der Waals surface area contributed by atoms with Gasteiger partial charge in [0.05, 0.1) is 18.8 Å². The van der Waals surface area contributed by atoms with Crippen LogP contribution in [0.2, 0.25) is 0 Å². The molecule has 0 saturated carbocycles. The van der Waals surface area contributed by atoms with Gasteiger partial charge in [0.2, 0.25) is 0 Å². The maximum Gasteiger partial charge on any atom is 0.102 e. The fourth-order valence-electron chi connectivity index (χ4n) is 2.15. The van der Waals surface area contributed by atoms with Gasteiger partial charge in [-0.25, -0.2) is 0 Å². The highest BCUT2D eigenvalue weighted by Gasteiger charge is 2.38. The molecule has 15 heavy (non-hydrogen) atoms. The lowest BCUT2D eigenvalue weighted by atomic mass is 10.1. The first-order valence-corrected chi connectivity index (χ1v) is 5.53. The molecule has 0 aliphatic carbocycles. The minimum Gasteiger partial charge on any atom is -0.375 e. The molecule has 0 N–H and O–H groups in total. The van der Waals surface area contributed by atoms with Gasteiger partial charge in [0, 0.05) is 13.0 Å². The lowest BCUT2D eigenvalue weighted by Crippen LogP contribution is -2.24. The monoisotopic (exact) mass is 210 g/mol. The predicted octanol–water partition coefficient (Wildman–Crippen LogP) is 1.69. The molecule has 1 saturated heterocycles. The quantitative estimate of drug-likeness (QED) is 0.661. The lowest BCUT2D eigenvalue weighted by molar-refractivity contribution is -0.0332. The molecule has 0 radical (unpaired) electrons. The highest BCUT2D eigenvalue weighted by atomic mass is 16.6. The predicted molar refractivity (Wildman–Crippen MR) is 57.8 cm³/mol. The van der Waals surface area contributed by atoms with Gasteiger partial charge in [-0.1, -0.05) is 18.2 Å². The van der Waals surface area contributed by atoms with E-state index in [2.05, 4.69) is 12.7 Å². The van der Waals surface area contributed by atoms with E-state index in [1.165, 1.54) is 0 Å². The standard InChI is InChI=1S/C12H18O3/c1-3-9-11(13-4-2)8-12(15-9)10-6-5-7-14-10/h3,5-6,9-12H,1,4,7-8H2,2H3/t9-,10-,11-,12-/m1/s1. The van der Waals surface area contributed by atoms with E-state index >= 15 is 0 Å². The molecule has 1 fully saturated rings. The third-order valence-corrected chi connectivity index (χ3v) is 2.85. The van der Waals surface area contributed by atoms with Crippen molar-refractivity contribution >= 4 is 0 Å². The van der Waals surface area contributed by atoms with Crippen molar-refractivity contribution in [3.63, 3.8) is 0 Å². The Hall–Kier alpha value is -0.640. The van der Waals surface area contributed by atoms with Crippen molar-refractivity contribution in [1.29, 1.82) is 0 Å². The second-order valence-corrected chi connectivity index (χ2v) is 3.83. The van der Waals surface area contributed by atoms with Crippen molar-refractivity contribution in [2.75, 3.05) is 13.2 Å². The summed E-state index contributed by atoms with van der Waals surface area (Å²) in [5, 5.41) is 0. The Kier molecular flexibility index (Phi) is 3.57. The van der Waals surface area contributed by atoms with Crippen LogP contribution in [0.25, 0.3) is 0 Å².